The number of hydrogen-bond donors (Lipinski definition) is 1. The molecule has 5 nitrogen and oxygen atoms in total. The quantitative estimate of drug-likeness (QED) is 0.422. The maximum absolute atomic E-state index is 12.8. The Labute approximate surface area is 196 Å². The number of nitrogens with one attached hydrogen (secondary N) is 1. The van der Waals surface area contributed by atoms with E-state index in [1.807, 2.05) is 11.4 Å². The standard InChI is InChI=1S/C25H24ClNO4S/c1-2-30-25(29)23-21(18-8-7-16-5-3-4-6-17(16)13-18)15-32-24(23)27-22(28)14-31-20-11-9-19(26)10-12-20/h7-13,15H,2-6,14H2,1H3,(H,27,28). The number of carbonyl (C=O) groups is 2. The molecule has 0 aliphatic heterocycles. The molecule has 0 unspecified atom stereocenters. The molecule has 0 saturated carbocycles. The second-order valence-electron chi connectivity index (χ2n) is 7.56. The number of fused-ring (bicyclic) bond motifs is 1. The first-order chi connectivity index (χ1) is 15.5. The summed E-state index contributed by atoms with van der Waals surface area (Å²) in [6, 6.07) is 13.1. The minimum Gasteiger partial charge on any atom is -0.484 e. The van der Waals surface area contributed by atoms with Gasteiger partial charge in [-0.05, 0) is 73.6 Å². The molecular weight excluding hydrogens is 446 g/mol. The Bertz CT molecular complexity index is 1120. The molecule has 1 aromatic heterocycles. The average molecular weight is 470 g/mol. The molecule has 1 aliphatic carbocycles. The van der Waals surface area contributed by atoms with Gasteiger partial charge in [-0.2, -0.15) is 0 Å². The number of thiophene rings is 1. The molecule has 0 bridgehead atoms. The first-order valence-corrected chi connectivity index (χ1v) is 11.9. The molecule has 0 fully saturated rings. The van der Waals surface area contributed by atoms with Gasteiger partial charge in [0, 0.05) is 16.0 Å². The molecule has 0 radical (unpaired) electrons. The van der Waals surface area contributed by atoms with Crippen molar-refractivity contribution in [1.29, 1.82) is 0 Å². The van der Waals surface area contributed by atoms with Crippen molar-refractivity contribution in [3.8, 4) is 16.9 Å². The van der Waals surface area contributed by atoms with Crippen molar-refractivity contribution in [1.82, 2.24) is 0 Å². The van der Waals surface area contributed by atoms with Gasteiger partial charge in [0.25, 0.3) is 5.91 Å². The third kappa shape index (κ3) is 5.14. The van der Waals surface area contributed by atoms with Gasteiger partial charge in [-0.3, -0.25) is 4.79 Å². The van der Waals surface area contributed by atoms with E-state index >= 15 is 0 Å². The number of halogens is 1. The molecule has 1 aliphatic rings. The Morgan fingerprint density at radius 1 is 1.06 bits per heavy atom. The molecule has 1 N–H and O–H groups in total. The van der Waals surface area contributed by atoms with Crippen LogP contribution in [0.3, 0.4) is 0 Å². The van der Waals surface area contributed by atoms with E-state index in [1.165, 1.54) is 35.3 Å². The first-order valence-electron chi connectivity index (χ1n) is 10.6. The molecule has 7 heteroatoms. The highest BCUT2D eigenvalue weighted by Crippen LogP contribution is 2.37. The van der Waals surface area contributed by atoms with E-state index in [9.17, 15) is 9.59 Å². The molecular formula is C25H24ClNO4S. The number of esters is 1. The summed E-state index contributed by atoms with van der Waals surface area (Å²) in [4.78, 5) is 25.3. The van der Waals surface area contributed by atoms with Crippen molar-refractivity contribution >= 4 is 39.8 Å². The van der Waals surface area contributed by atoms with Crippen LogP contribution in [0.5, 0.6) is 5.75 Å². The summed E-state index contributed by atoms with van der Waals surface area (Å²) in [5, 5.41) is 5.76. The number of anilines is 1. The summed E-state index contributed by atoms with van der Waals surface area (Å²) in [7, 11) is 0. The van der Waals surface area contributed by atoms with Crippen LogP contribution in [0, 0.1) is 0 Å². The van der Waals surface area contributed by atoms with Gasteiger partial charge in [-0.15, -0.1) is 11.3 Å². The summed E-state index contributed by atoms with van der Waals surface area (Å²) in [5.74, 6) is -0.268. The lowest BCUT2D eigenvalue weighted by Gasteiger charge is -2.17. The third-order valence-corrected chi connectivity index (χ3v) is 6.51. The van der Waals surface area contributed by atoms with Crippen molar-refractivity contribution in [2.75, 3.05) is 18.5 Å². The first kappa shape index (κ1) is 22.4. The fraction of sp³-hybridized carbons (Fsp3) is 0.280. The maximum atomic E-state index is 12.8. The van der Waals surface area contributed by atoms with Crippen LogP contribution in [0.4, 0.5) is 5.00 Å². The predicted molar refractivity (Wildman–Crippen MR) is 128 cm³/mol. The largest absolute Gasteiger partial charge is 0.484 e. The number of benzene rings is 2. The lowest BCUT2D eigenvalue weighted by molar-refractivity contribution is -0.118. The number of aryl methyl sites for hydroxylation is 2. The fourth-order valence-electron chi connectivity index (χ4n) is 3.81. The van der Waals surface area contributed by atoms with Crippen LogP contribution in [0.2, 0.25) is 5.02 Å². The molecule has 1 heterocycles. The van der Waals surface area contributed by atoms with Crippen molar-refractivity contribution < 1.29 is 19.1 Å². The molecule has 3 aromatic rings. The van der Waals surface area contributed by atoms with Crippen LogP contribution in [-0.4, -0.2) is 25.1 Å². The highest BCUT2D eigenvalue weighted by atomic mass is 35.5. The lowest BCUT2D eigenvalue weighted by atomic mass is 9.89. The van der Waals surface area contributed by atoms with Gasteiger partial charge in [0.05, 0.1) is 6.61 Å². The molecule has 2 aromatic carbocycles. The zero-order chi connectivity index (χ0) is 22.5. The molecule has 166 valence electrons. The Morgan fingerprint density at radius 3 is 2.56 bits per heavy atom. The Hall–Kier alpha value is -2.83. The van der Waals surface area contributed by atoms with Crippen molar-refractivity contribution in [2.24, 2.45) is 0 Å². The molecule has 4 rings (SSSR count). The molecule has 1 amide bonds. The molecule has 0 atom stereocenters. The zero-order valence-electron chi connectivity index (χ0n) is 17.8. The molecule has 0 spiro atoms. The van der Waals surface area contributed by atoms with Crippen LogP contribution in [0.15, 0.2) is 47.8 Å². The second kappa shape index (κ2) is 10.2. The number of amides is 1. The summed E-state index contributed by atoms with van der Waals surface area (Å²) in [6.45, 7) is 1.84. The summed E-state index contributed by atoms with van der Waals surface area (Å²) in [5.41, 5.74) is 4.82. The van der Waals surface area contributed by atoms with Gasteiger partial charge in [0.15, 0.2) is 6.61 Å². The van der Waals surface area contributed by atoms with Gasteiger partial charge in [-0.25, -0.2) is 4.79 Å². The van der Waals surface area contributed by atoms with Crippen LogP contribution in [0.25, 0.3) is 11.1 Å². The molecule has 32 heavy (non-hydrogen) atoms. The highest BCUT2D eigenvalue weighted by molar-refractivity contribution is 7.15. The van der Waals surface area contributed by atoms with E-state index in [0.29, 0.717) is 21.3 Å². The third-order valence-electron chi connectivity index (χ3n) is 5.37. The fourth-order valence-corrected chi connectivity index (χ4v) is 4.91. The van der Waals surface area contributed by atoms with Crippen LogP contribution in [0.1, 0.15) is 41.3 Å². The van der Waals surface area contributed by atoms with Crippen LogP contribution < -0.4 is 10.1 Å². The summed E-state index contributed by atoms with van der Waals surface area (Å²) >= 11 is 7.18. The summed E-state index contributed by atoms with van der Waals surface area (Å²) < 4.78 is 10.8. The maximum Gasteiger partial charge on any atom is 0.341 e. The Balaban J connectivity index is 1.55. The van der Waals surface area contributed by atoms with Crippen molar-refractivity contribution in [2.45, 2.75) is 32.6 Å². The Morgan fingerprint density at radius 2 is 1.81 bits per heavy atom. The van der Waals surface area contributed by atoms with Gasteiger partial charge >= 0.3 is 5.97 Å². The second-order valence-corrected chi connectivity index (χ2v) is 8.87. The summed E-state index contributed by atoms with van der Waals surface area (Å²) in [6.07, 6.45) is 4.54. The van der Waals surface area contributed by atoms with E-state index in [1.54, 1.807) is 31.2 Å². The van der Waals surface area contributed by atoms with Crippen molar-refractivity contribution in [3.63, 3.8) is 0 Å². The Kier molecular flexibility index (Phi) is 7.12. The van der Waals surface area contributed by atoms with E-state index in [-0.39, 0.29) is 19.1 Å². The number of hydrogen-bond acceptors (Lipinski definition) is 5. The van der Waals surface area contributed by atoms with E-state index in [0.717, 1.165) is 24.0 Å². The molecule has 0 saturated heterocycles. The number of ether oxygens (including phenoxy) is 2. The number of rotatable bonds is 7. The van der Waals surface area contributed by atoms with Gasteiger partial charge in [-0.1, -0.05) is 29.8 Å². The topological polar surface area (TPSA) is 64.6 Å². The lowest BCUT2D eigenvalue weighted by Crippen LogP contribution is -2.21. The monoisotopic (exact) mass is 469 g/mol. The highest BCUT2D eigenvalue weighted by Gasteiger charge is 2.23. The van der Waals surface area contributed by atoms with E-state index < -0.39 is 5.97 Å². The van der Waals surface area contributed by atoms with E-state index in [2.05, 4.69) is 17.4 Å². The average Bonchev–Trinajstić information content (AvgIpc) is 3.22. The minimum atomic E-state index is -0.449. The normalized spacial score (nSPS) is 12.7. The zero-order valence-corrected chi connectivity index (χ0v) is 19.4. The van der Waals surface area contributed by atoms with Crippen molar-refractivity contribution in [3.05, 3.63) is 69.6 Å². The predicted octanol–water partition coefficient (Wildman–Crippen LogP) is 6.14. The van der Waals surface area contributed by atoms with Gasteiger partial charge in [0.2, 0.25) is 0 Å². The number of carbonyl (C=O) groups excluding carboxylic acids is 2. The SMILES string of the molecule is CCOC(=O)c1c(-c2ccc3c(c2)CCCC3)csc1NC(=O)COc1ccc(Cl)cc1. The minimum absolute atomic E-state index is 0.185. The van der Waals surface area contributed by atoms with Crippen LogP contribution in [-0.2, 0) is 22.4 Å². The van der Waals surface area contributed by atoms with E-state index in [4.69, 9.17) is 21.1 Å². The smallest absolute Gasteiger partial charge is 0.341 e. The van der Waals surface area contributed by atoms with Crippen LogP contribution >= 0.6 is 22.9 Å². The van der Waals surface area contributed by atoms with Gasteiger partial charge in [0.1, 0.15) is 16.3 Å². The van der Waals surface area contributed by atoms with Gasteiger partial charge < -0.3 is 14.8 Å².